The predicted octanol–water partition coefficient (Wildman–Crippen LogP) is -7.47. The number of hydrogen-bond donors (Lipinski definition) is 0. The molecule has 0 heterocycles. The van der Waals surface area contributed by atoms with Crippen molar-refractivity contribution in [3.63, 3.8) is 0 Å². The maximum absolute atomic E-state index is 9.28. The normalized spacial score (nSPS) is 14.2. The first kappa shape index (κ1) is 19.1. The summed E-state index contributed by atoms with van der Waals surface area (Å²) in [4.78, 5) is 0. The summed E-state index contributed by atoms with van der Waals surface area (Å²) in [5.74, 6) is 0. The first-order valence-electron chi connectivity index (χ1n) is 1.17. The smallest absolute Gasteiger partial charge is 0.747 e. The summed E-state index contributed by atoms with van der Waals surface area (Å²) in [5.41, 5.74) is 0. The summed E-state index contributed by atoms with van der Waals surface area (Å²) in [7, 11) is 0. The molecule has 0 N–H and O–H groups in total. The molecule has 0 aromatic heterocycles. The van der Waals surface area contributed by atoms with E-state index in [1.165, 1.54) is 0 Å². The van der Waals surface area contributed by atoms with Crippen LogP contribution in [-0.2, 0) is 31.4 Å². The van der Waals surface area contributed by atoms with E-state index in [2.05, 4.69) is 8.67 Å². The summed E-state index contributed by atoms with van der Waals surface area (Å²) in [5, 5.41) is 0. The van der Waals surface area contributed by atoms with Crippen LogP contribution < -0.4 is 103 Å². The van der Waals surface area contributed by atoms with E-state index in [1.807, 2.05) is 0 Å². The molecule has 0 spiro atoms. The molecule has 0 aliphatic carbocycles. The minimum absolute atomic E-state index is 0. The van der Waals surface area contributed by atoms with E-state index in [9.17, 15) is 17.5 Å². The maximum Gasteiger partial charge on any atom is 1.00 e. The van der Waals surface area contributed by atoms with Crippen LogP contribution in [0.25, 0.3) is 0 Å². The Kier molecular flexibility index (Phi) is 23.7. The average molecular weight is 238 g/mol. The minimum Gasteiger partial charge on any atom is -0.747 e. The SMILES string of the molecule is O=S([O-])OOS(=O)[O-].[K+].[K+]. The first-order valence-corrected chi connectivity index (χ1v) is 3.17. The van der Waals surface area contributed by atoms with Crippen molar-refractivity contribution in [2.75, 3.05) is 0 Å². The van der Waals surface area contributed by atoms with Gasteiger partial charge in [0.05, 0.1) is 0 Å². The van der Waals surface area contributed by atoms with Gasteiger partial charge in [-0.15, -0.1) is 8.67 Å². The van der Waals surface area contributed by atoms with Crippen LogP contribution >= 0.6 is 0 Å². The van der Waals surface area contributed by atoms with Gasteiger partial charge in [-0.3, -0.25) is 0 Å². The Balaban J connectivity index is -0.000000245. The van der Waals surface area contributed by atoms with E-state index >= 15 is 0 Å². The van der Waals surface area contributed by atoms with Crippen LogP contribution in [0, 0.1) is 0 Å². The standard InChI is InChI=1S/2K.H2O6S2/c;;1-7(2)5-6-8(3)4/h;;(H,1,2)(H,3,4)/q2*+1;/p-2. The Bertz CT molecular complexity index is 98.3. The second-order valence-corrected chi connectivity index (χ2v) is 1.63. The zero-order chi connectivity index (χ0) is 6.57. The predicted molar refractivity (Wildman–Crippen MR) is 20.0 cm³/mol. The second kappa shape index (κ2) is 12.4. The molecule has 0 aliphatic heterocycles. The topological polar surface area (TPSA) is 98.7 Å². The summed E-state index contributed by atoms with van der Waals surface area (Å²) >= 11 is -5.90. The fourth-order valence-electron chi connectivity index (χ4n) is 0.0454. The van der Waals surface area contributed by atoms with Gasteiger partial charge in [0.25, 0.3) is 0 Å². The van der Waals surface area contributed by atoms with Crippen LogP contribution in [0.15, 0.2) is 0 Å². The summed E-state index contributed by atoms with van der Waals surface area (Å²) in [6.07, 6.45) is 0. The molecule has 0 saturated carbocycles. The van der Waals surface area contributed by atoms with Gasteiger partial charge in [-0.05, 0) is 0 Å². The molecule has 0 fully saturated rings. The van der Waals surface area contributed by atoms with Crippen LogP contribution in [0.1, 0.15) is 0 Å². The van der Waals surface area contributed by atoms with Crippen molar-refractivity contribution in [1.29, 1.82) is 0 Å². The first-order chi connectivity index (χ1) is 3.63. The fraction of sp³-hybridized carbons (Fsp3) is 0. The molecule has 0 aromatic carbocycles. The zero-order valence-corrected chi connectivity index (χ0v) is 13.1. The Morgan fingerprint density at radius 1 is 0.900 bits per heavy atom. The van der Waals surface area contributed by atoms with Gasteiger partial charge in [0.15, 0.2) is 0 Å². The summed E-state index contributed by atoms with van der Waals surface area (Å²) < 4.78 is 43.3. The molecule has 2 atom stereocenters. The summed E-state index contributed by atoms with van der Waals surface area (Å²) in [6, 6.07) is 0. The third-order valence-electron chi connectivity index (χ3n) is 0.139. The van der Waals surface area contributed by atoms with Crippen LogP contribution in [0.4, 0.5) is 0 Å². The third kappa shape index (κ3) is 17.5. The van der Waals surface area contributed by atoms with Gasteiger partial charge in [-0.25, -0.2) is 8.42 Å². The number of hydrogen-bond acceptors (Lipinski definition) is 6. The van der Waals surface area contributed by atoms with Crippen LogP contribution in [0.3, 0.4) is 0 Å². The monoisotopic (exact) mass is 238 g/mol. The maximum atomic E-state index is 9.28. The van der Waals surface area contributed by atoms with E-state index in [-0.39, 0.29) is 103 Å². The van der Waals surface area contributed by atoms with Gasteiger partial charge >= 0.3 is 103 Å². The molecule has 0 bridgehead atoms. The molecule has 0 aliphatic rings. The molecule has 0 rings (SSSR count). The molecular formula is K2O6S2. The molecular weight excluding hydrogens is 238 g/mol. The van der Waals surface area contributed by atoms with E-state index in [4.69, 9.17) is 0 Å². The molecule has 0 saturated heterocycles. The van der Waals surface area contributed by atoms with Crippen molar-refractivity contribution >= 4 is 22.7 Å². The van der Waals surface area contributed by atoms with Gasteiger partial charge in [0.1, 0.15) is 22.7 Å². The zero-order valence-electron chi connectivity index (χ0n) is 5.27. The van der Waals surface area contributed by atoms with E-state index in [1.54, 1.807) is 0 Å². The molecule has 0 aromatic rings. The summed E-state index contributed by atoms with van der Waals surface area (Å²) in [6.45, 7) is 0. The van der Waals surface area contributed by atoms with E-state index in [0.717, 1.165) is 0 Å². The van der Waals surface area contributed by atoms with E-state index < -0.39 is 22.7 Å². The van der Waals surface area contributed by atoms with Crippen molar-refractivity contribution in [2.45, 2.75) is 0 Å². The van der Waals surface area contributed by atoms with Gasteiger partial charge < -0.3 is 9.11 Å². The number of rotatable bonds is 3. The molecule has 0 amide bonds. The quantitative estimate of drug-likeness (QED) is 0.210. The molecule has 0 radical (unpaired) electrons. The second-order valence-electron chi connectivity index (χ2n) is 0.544. The van der Waals surface area contributed by atoms with Crippen molar-refractivity contribution < 1.29 is 129 Å². The Morgan fingerprint density at radius 2 is 1.10 bits per heavy atom. The fourth-order valence-corrected chi connectivity index (χ4v) is 0.408. The average Bonchev–Trinajstić information content (AvgIpc) is 1.61. The Hall–Kier alpha value is 3.41. The molecule has 50 valence electrons. The van der Waals surface area contributed by atoms with Crippen molar-refractivity contribution in [1.82, 2.24) is 0 Å². The molecule has 6 nitrogen and oxygen atoms in total. The molecule has 10 heteroatoms. The van der Waals surface area contributed by atoms with Crippen LogP contribution in [0.2, 0.25) is 0 Å². The van der Waals surface area contributed by atoms with Gasteiger partial charge in [0.2, 0.25) is 0 Å². The van der Waals surface area contributed by atoms with Gasteiger partial charge in [0, 0.05) is 0 Å². The van der Waals surface area contributed by atoms with Crippen molar-refractivity contribution in [3.8, 4) is 0 Å². The van der Waals surface area contributed by atoms with Crippen molar-refractivity contribution in [2.24, 2.45) is 0 Å². The molecule has 10 heavy (non-hydrogen) atoms. The van der Waals surface area contributed by atoms with Crippen LogP contribution in [0.5, 0.6) is 0 Å². The van der Waals surface area contributed by atoms with Crippen LogP contribution in [-0.4, -0.2) is 17.5 Å². The van der Waals surface area contributed by atoms with Gasteiger partial charge in [-0.2, -0.15) is 0 Å². The largest absolute Gasteiger partial charge is 1.00 e. The Labute approximate surface area is 148 Å². The van der Waals surface area contributed by atoms with Crippen molar-refractivity contribution in [3.05, 3.63) is 0 Å². The van der Waals surface area contributed by atoms with E-state index in [0.29, 0.717) is 0 Å². The minimum atomic E-state index is -2.95. The Morgan fingerprint density at radius 3 is 1.20 bits per heavy atom. The molecule has 2 unspecified atom stereocenters. The third-order valence-corrected chi connectivity index (χ3v) is 0.583. The van der Waals surface area contributed by atoms with Gasteiger partial charge in [-0.1, -0.05) is 0 Å².